The van der Waals surface area contributed by atoms with Gasteiger partial charge in [0.2, 0.25) is 0 Å². The van der Waals surface area contributed by atoms with E-state index in [1.54, 1.807) is 0 Å². The van der Waals surface area contributed by atoms with Gasteiger partial charge in [-0.1, -0.05) is 185 Å². The Hall–Kier alpha value is -6.45. The third-order valence-electron chi connectivity index (χ3n) is 11.8. The Bertz CT molecular complexity index is 2810. The zero-order valence-electron chi connectivity index (χ0n) is 32.9. The Morgan fingerprint density at radius 3 is 1.18 bits per heavy atom. The van der Waals surface area contributed by atoms with Crippen molar-refractivity contribution in [3.05, 3.63) is 210 Å². The van der Waals surface area contributed by atoms with Crippen LogP contribution in [0.5, 0.6) is 0 Å². The van der Waals surface area contributed by atoms with Crippen LogP contribution in [0.25, 0.3) is 55.1 Å². The number of nitrogens with zero attached hydrogens (tertiary/aromatic N) is 3. The van der Waals surface area contributed by atoms with Crippen LogP contribution in [0.2, 0.25) is 0 Å². The lowest BCUT2D eigenvalue weighted by Gasteiger charge is -2.25. The van der Waals surface area contributed by atoms with Crippen LogP contribution in [0.3, 0.4) is 0 Å². The third kappa shape index (κ3) is 6.78. The predicted octanol–water partition coefficient (Wildman–Crippen LogP) is 14.3. The second-order valence-electron chi connectivity index (χ2n) is 15.1. The van der Waals surface area contributed by atoms with Gasteiger partial charge in [-0.25, -0.2) is 15.0 Å². The van der Waals surface area contributed by atoms with Gasteiger partial charge in [0.05, 0.1) is 34.2 Å². The van der Waals surface area contributed by atoms with Gasteiger partial charge in [0.15, 0.2) is 0 Å². The van der Waals surface area contributed by atoms with Crippen LogP contribution < -0.4 is 0 Å². The second kappa shape index (κ2) is 16.0. The van der Waals surface area contributed by atoms with Gasteiger partial charge >= 0.3 is 0 Å². The molecular weight excluding hydrogens is 691 g/mol. The summed E-state index contributed by atoms with van der Waals surface area (Å²) in [4.78, 5) is 17.1. The van der Waals surface area contributed by atoms with Gasteiger partial charge in [0.1, 0.15) is 0 Å². The monoisotopic (exact) mass is 737 g/mol. The zero-order chi connectivity index (χ0) is 38.7. The van der Waals surface area contributed by atoms with Crippen molar-refractivity contribution in [1.29, 1.82) is 0 Å². The Labute approximate surface area is 336 Å². The quantitative estimate of drug-likeness (QED) is 0.133. The van der Waals surface area contributed by atoms with E-state index in [0.29, 0.717) is 0 Å². The molecule has 0 bridgehead atoms. The Balaban J connectivity index is 1.37. The van der Waals surface area contributed by atoms with Crippen LogP contribution in [-0.4, -0.2) is 15.0 Å². The molecule has 0 saturated heterocycles. The first kappa shape index (κ1) is 36.2. The first-order chi connectivity index (χ1) is 28.2. The molecule has 0 aliphatic rings. The maximum atomic E-state index is 5.82. The lowest BCUT2D eigenvalue weighted by atomic mass is 9.83. The average molecular weight is 738 g/mol. The zero-order valence-corrected chi connectivity index (χ0v) is 32.9. The number of hydrogen-bond donors (Lipinski definition) is 0. The fourth-order valence-electron chi connectivity index (χ4n) is 9.09. The van der Waals surface area contributed by atoms with Gasteiger partial charge in [0.25, 0.3) is 0 Å². The lowest BCUT2D eigenvalue weighted by Crippen LogP contribution is -2.10. The normalized spacial score (nSPS) is 13.2. The number of hydrogen-bond acceptors (Lipinski definition) is 3. The maximum Gasteiger partial charge on any atom is 0.0973 e. The van der Waals surface area contributed by atoms with Crippen molar-refractivity contribution >= 4 is 32.3 Å². The molecule has 57 heavy (non-hydrogen) atoms. The summed E-state index contributed by atoms with van der Waals surface area (Å²) in [7, 11) is 0. The summed E-state index contributed by atoms with van der Waals surface area (Å²) in [6.45, 7) is 6.82. The van der Waals surface area contributed by atoms with Crippen molar-refractivity contribution in [3.8, 4) is 22.8 Å². The van der Waals surface area contributed by atoms with Gasteiger partial charge in [-0.05, 0) is 69.8 Å². The summed E-state index contributed by atoms with van der Waals surface area (Å²) >= 11 is 0. The minimum absolute atomic E-state index is 0.100. The second-order valence-corrected chi connectivity index (χ2v) is 15.1. The van der Waals surface area contributed by atoms with Crippen molar-refractivity contribution < 1.29 is 0 Å². The highest BCUT2D eigenvalue weighted by Crippen LogP contribution is 2.44. The van der Waals surface area contributed by atoms with Crippen molar-refractivity contribution in [1.82, 2.24) is 15.0 Å². The van der Waals surface area contributed by atoms with E-state index in [4.69, 9.17) is 15.0 Å². The summed E-state index contributed by atoms with van der Waals surface area (Å²) < 4.78 is 0. The molecule has 0 saturated carbocycles. The molecule has 0 aliphatic carbocycles. The van der Waals surface area contributed by atoms with Crippen molar-refractivity contribution in [2.24, 2.45) is 0 Å². The molecule has 9 aromatic rings. The van der Waals surface area contributed by atoms with Gasteiger partial charge in [0, 0.05) is 33.9 Å². The van der Waals surface area contributed by atoms with E-state index in [-0.39, 0.29) is 17.8 Å². The van der Waals surface area contributed by atoms with Gasteiger partial charge < -0.3 is 0 Å². The molecular formula is C54H47N3. The molecule has 0 aliphatic heterocycles. The molecule has 0 fully saturated rings. The summed E-state index contributed by atoms with van der Waals surface area (Å²) in [6.07, 6.45) is 2.78. The van der Waals surface area contributed by atoms with Crippen LogP contribution in [-0.2, 0) is 0 Å². The number of aromatic nitrogens is 3. The minimum atomic E-state index is 0.100. The number of rotatable bonds is 11. The molecule has 9 rings (SSSR count). The number of fused-ring (bicyclic) bond motifs is 3. The van der Waals surface area contributed by atoms with Crippen LogP contribution in [0.15, 0.2) is 176 Å². The number of pyridine rings is 3. The third-order valence-corrected chi connectivity index (χ3v) is 11.8. The SMILES string of the molecule is CCC(c1ccccc1)c1nc(-c2nc(-c3cc4ccccc4c(C(CC)c4ccccc4)n3)c3ccccc3c2C(CC)c2ccccc2)cc2ccccc12. The van der Waals surface area contributed by atoms with Crippen LogP contribution >= 0.6 is 0 Å². The molecule has 3 heterocycles. The van der Waals surface area contributed by atoms with Gasteiger partial charge in [-0.3, -0.25) is 0 Å². The number of benzene rings is 6. The topological polar surface area (TPSA) is 38.7 Å². The molecule has 0 amide bonds. The van der Waals surface area contributed by atoms with E-state index in [9.17, 15) is 0 Å². The lowest BCUT2D eigenvalue weighted by molar-refractivity contribution is 0.756. The first-order valence-corrected chi connectivity index (χ1v) is 20.5. The van der Waals surface area contributed by atoms with Crippen molar-refractivity contribution in [3.63, 3.8) is 0 Å². The highest BCUT2D eigenvalue weighted by atomic mass is 14.8. The van der Waals surface area contributed by atoms with Crippen LogP contribution in [0.4, 0.5) is 0 Å². The average Bonchev–Trinajstić information content (AvgIpc) is 3.28. The molecule has 3 atom stereocenters. The van der Waals surface area contributed by atoms with E-state index in [0.717, 1.165) is 58.8 Å². The summed E-state index contributed by atoms with van der Waals surface area (Å²) in [6, 6.07) is 63.3. The Kier molecular flexibility index (Phi) is 10.1. The summed E-state index contributed by atoms with van der Waals surface area (Å²) in [5.74, 6) is 0.365. The Morgan fingerprint density at radius 2 is 0.719 bits per heavy atom. The Morgan fingerprint density at radius 1 is 0.351 bits per heavy atom. The van der Waals surface area contributed by atoms with Gasteiger partial charge in [-0.2, -0.15) is 0 Å². The molecule has 6 aromatic carbocycles. The maximum absolute atomic E-state index is 5.82. The standard InChI is InChI=1S/C54H47N3/c1-4-41(36-22-10-7-11-23-36)50-46-32-20-21-33-47(46)53(48-34-39-28-16-18-30-44(39)51(55-48)42(5-2)37-24-12-8-13-25-37)57-54(50)49-35-40-29-17-19-31-45(40)52(56-49)43(6-3)38-26-14-9-15-27-38/h7-35,41-43H,4-6H2,1-3H3. The smallest absolute Gasteiger partial charge is 0.0973 e. The molecule has 0 radical (unpaired) electrons. The van der Waals surface area contributed by atoms with E-state index in [1.165, 1.54) is 49.2 Å². The largest absolute Gasteiger partial charge is 0.250 e. The van der Waals surface area contributed by atoms with Crippen molar-refractivity contribution in [2.75, 3.05) is 0 Å². The molecule has 3 nitrogen and oxygen atoms in total. The fourth-order valence-corrected chi connectivity index (χ4v) is 9.09. The summed E-state index contributed by atoms with van der Waals surface area (Å²) in [5, 5.41) is 6.98. The van der Waals surface area contributed by atoms with Crippen molar-refractivity contribution in [2.45, 2.75) is 57.8 Å². The van der Waals surface area contributed by atoms with E-state index < -0.39 is 0 Å². The minimum Gasteiger partial charge on any atom is -0.250 e. The van der Waals surface area contributed by atoms with E-state index in [2.05, 4.69) is 197 Å². The first-order valence-electron chi connectivity index (χ1n) is 20.5. The highest BCUT2D eigenvalue weighted by molar-refractivity contribution is 6.02. The molecule has 0 spiro atoms. The fraction of sp³-hybridized carbons (Fsp3) is 0.167. The highest BCUT2D eigenvalue weighted by Gasteiger charge is 2.27. The molecule has 0 N–H and O–H groups in total. The molecule has 3 heteroatoms. The molecule has 3 unspecified atom stereocenters. The van der Waals surface area contributed by atoms with E-state index >= 15 is 0 Å². The van der Waals surface area contributed by atoms with Gasteiger partial charge in [-0.15, -0.1) is 0 Å². The van der Waals surface area contributed by atoms with E-state index in [1.807, 2.05) is 0 Å². The molecule has 3 aromatic heterocycles. The molecule has 278 valence electrons. The van der Waals surface area contributed by atoms with Crippen LogP contribution in [0, 0.1) is 0 Å². The predicted molar refractivity (Wildman–Crippen MR) is 239 cm³/mol. The van der Waals surface area contributed by atoms with Crippen LogP contribution in [0.1, 0.15) is 91.4 Å². The summed E-state index contributed by atoms with van der Waals surface area (Å²) in [5.41, 5.74) is 10.8.